The minimum atomic E-state index is 0.504. The predicted molar refractivity (Wildman–Crippen MR) is 62.5 cm³/mol. The molecule has 0 amide bonds. The Morgan fingerprint density at radius 2 is 2.25 bits per heavy atom. The molecule has 0 aliphatic heterocycles. The summed E-state index contributed by atoms with van der Waals surface area (Å²) in [6.07, 6.45) is 3.76. The zero-order valence-electron chi connectivity index (χ0n) is 9.01. The first-order valence-electron chi connectivity index (χ1n) is 5.07. The van der Waals surface area contributed by atoms with E-state index in [1.54, 1.807) is 18.3 Å². The second-order valence-electron chi connectivity index (χ2n) is 3.50. The van der Waals surface area contributed by atoms with Gasteiger partial charge >= 0.3 is 0 Å². The van der Waals surface area contributed by atoms with Gasteiger partial charge in [-0.05, 0) is 24.6 Å². The Morgan fingerprint density at radius 3 is 2.81 bits per heavy atom. The van der Waals surface area contributed by atoms with Crippen LogP contribution in [0.15, 0.2) is 30.6 Å². The van der Waals surface area contributed by atoms with Gasteiger partial charge in [-0.15, -0.1) is 0 Å². The fraction of sp³-hybridized carbons (Fsp3) is 0.167. The van der Waals surface area contributed by atoms with Crippen LogP contribution in [0.25, 0.3) is 11.1 Å². The average Bonchev–Trinajstić information content (AvgIpc) is 2.77. The summed E-state index contributed by atoms with van der Waals surface area (Å²) in [5, 5.41) is 13.0. The number of nitrogens with two attached hydrogens (primary N) is 1. The number of aromatic nitrogens is 2. The van der Waals surface area contributed by atoms with E-state index in [1.807, 2.05) is 29.9 Å². The Bertz CT molecular complexity index is 548. The molecule has 0 bridgehead atoms. The lowest BCUT2D eigenvalue weighted by Crippen LogP contribution is -1.92. The lowest BCUT2D eigenvalue weighted by Gasteiger charge is -2.01. The van der Waals surface area contributed by atoms with E-state index < -0.39 is 0 Å². The van der Waals surface area contributed by atoms with Crippen molar-refractivity contribution < 1.29 is 0 Å². The van der Waals surface area contributed by atoms with Crippen molar-refractivity contribution in [2.24, 2.45) is 0 Å². The SMILES string of the molecule is CCn1cc(-c2ccc(C#N)c(N)c2)cn1. The maximum absolute atomic E-state index is 8.78. The second kappa shape index (κ2) is 4.07. The lowest BCUT2D eigenvalue weighted by molar-refractivity contribution is 0.660. The quantitative estimate of drug-likeness (QED) is 0.774. The molecule has 16 heavy (non-hydrogen) atoms. The molecule has 1 aromatic heterocycles. The van der Waals surface area contributed by atoms with E-state index in [-0.39, 0.29) is 0 Å². The third-order valence-electron chi connectivity index (χ3n) is 2.46. The second-order valence-corrected chi connectivity index (χ2v) is 3.50. The van der Waals surface area contributed by atoms with Gasteiger partial charge < -0.3 is 5.73 Å². The van der Waals surface area contributed by atoms with E-state index in [2.05, 4.69) is 5.10 Å². The highest BCUT2D eigenvalue weighted by Crippen LogP contribution is 2.23. The molecule has 0 aliphatic carbocycles. The molecule has 0 spiro atoms. The third kappa shape index (κ3) is 1.75. The van der Waals surface area contributed by atoms with Crippen molar-refractivity contribution in [2.75, 3.05) is 5.73 Å². The molecule has 0 unspecified atom stereocenters. The molecule has 0 aliphatic rings. The Balaban J connectivity index is 2.42. The maximum atomic E-state index is 8.78. The number of aryl methyl sites for hydroxylation is 1. The largest absolute Gasteiger partial charge is 0.398 e. The van der Waals surface area contributed by atoms with Crippen LogP contribution < -0.4 is 5.73 Å². The van der Waals surface area contributed by atoms with E-state index in [0.717, 1.165) is 17.7 Å². The molecule has 80 valence electrons. The summed E-state index contributed by atoms with van der Waals surface area (Å²) in [5.74, 6) is 0. The van der Waals surface area contributed by atoms with Crippen LogP contribution in [-0.2, 0) is 6.54 Å². The average molecular weight is 212 g/mol. The summed E-state index contributed by atoms with van der Waals surface area (Å²) in [7, 11) is 0. The van der Waals surface area contributed by atoms with Crippen molar-refractivity contribution >= 4 is 5.69 Å². The van der Waals surface area contributed by atoms with Gasteiger partial charge in [-0.1, -0.05) is 6.07 Å². The van der Waals surface area contributed by atoms with Crippen LogP contribution in [-0.4, -0.2) is 9.78 Å². The fourth-order valence-electron chi connectivity index (χ4n) is 1.53. The highest BCUT2D eigenvalue weighted by atomic mass is 15.3. The van der Waals surface area contributed by atoms with Crippen molar-refractivity contribution in [1.29, 1.82) is 5.26 Å². The minimum absolute atomic E-state index is 0.504. The van der Waals surface area contributed by atoms with Crippen molar-refractivity contribution in [1.82, 2.24) is 9.78 Å². The molecule has 4 heteroatoms. The van der Waals surface area contributed by atoms with Crippen LogP contribution in [0.4, 0.5) is 5.69 Å². The highest BCUT2D eigenvalue weighted by molar-refractivity contribution is 5.69. The molecule has 0 saturated carbocycles. The van der Waals surface area contributed by atoms with Gasteiger partial charge in [-0.3, -0.25) is 4.68 Å². The molecule has 1 aromatic carbocycles. The number of nitriles is 1. The molecule has 0 fully saturated rings. The third-order valence-corrected chi connectivity index (χ3v) is 2.46. The lowest BCUT2D eigenvalue weighted by atomic mass is 10.1. The van der Waals surface area contributed by atoms with Gasteiger partial charge in [0.05, 0.1) is 17.4 Å². The smallest absolute Gasteiger partial charge is 0.101 e. The zero-order valence-corrected chi connectivity index (χ0v) is 9.01. The van der Waals surface area contributed by atoms with Gasteiger partial charge in [-0.2, -0.15) is 10.4 Å². The normalized spacial score (nSPS) is 10.0. The van der Waals surface area contributed by atoms with Crippen molar-refractivity contribution in [3.8, 4) is 17.2 Å². The Morgan fingerprint density at radius 1 is 1.44 bits per heavy atom. The number of nitrogen functional groups attached to an aromatic ring is 1. The maximum Gasteiger partial charge on any atom is 0.101 e. The molecule has 0 atom stereocenters. The summed E-state index contributed by atoms with van der Waals surface area (Å²) >= 11 is 0. The van der Waals surface area contributed by atoms with Crippen LogP contribution in [0.5, 0.6) is 0 Å². The first kappa shape index (κ1) is 10.2. The number of hydrogen-bond donors (Lipinski definition) is 1. The molecular weight excluding hydrogens is 200 g/mol. The van der Waals surface area contributed by atoms with E-state index in [0.29, 0.717) is 11.3 Å². The Labute approximate surface area is 93.9 Å². The van der Waals surface area contributed by atoms with Crippen molar-refractivity contribution in [2.45, 2.75) is 13.5 Å². The highest BCUT2D eigenvalue weighted by Gasteiger charge is 2.04. The molecule has 2 N–H and O–H groups in total. The van der Waals surface area contributed by atoms with Gasteiger partial charge in [0.15, 0.2) is 0 Å². The summed E-state index contributed by atoms with van der Waals surface area (Å²) in [4.78, 5) is 0. The van der Waals surface area contributed by atoms with Crippen LogP contribution in [0, 0.1) is 11.3 Å². The van der Waals surface area contributed by atoms with Gasteiger partial charge in [-0.25, -0.2) is 0 Å². The van der Waals surface area contributed by atoms with Crippen molar-refractivity contribution in [3.63, 3.8) is 0 Å². The Kier molecular flexibility index (Phi) is 2.61. The van der Waals surface area contributed by atoms with E-state index in [9.17, 15) is 0 Å². The summed E-state index contributed by atoms with van der Waals surface area (Å²) < 4.78 is 1.85. The number of anilines is 1. The summed E-state index contributed by atoms with van der Waals surface area (Å²) in [6.45, 7) is 2.87. The molecule has 2 rings (SSSR count). The van der Waals surface area contributed by atoms with Crippen molar-refractivity contribution in [3.05, 3.63) is 36.2 Å². The van der Waals surface area contributed by atoms with Crippen LogP contribution >= 0.6 is 0 Å². The van der Waals surface area contributed by atoms with Crippen LogP contribution in [0.3, 0.4) is 0 Å². The van der Waals surface area contributed by atoms with Gasteiger partial charge in [0.25, 0.3) is 0 Å². The predicted octanol–water partition coefficient (Wildman–Crippen LogP) is 2.02. The van der Waals surface area contributed by atoms with Gasteiger partial charge in [0.2, 0.25) is 0 Å². The van der Waals surface area contributed by atoms with Crippen LogP contribution in [0.1, 0.15) is 12.5 Å². The number of rotatable bonds is 2. The first-order chi connectivity index (χ1) is 7.74. The van der Waals surface area contributed by atoms with Gasteiger partial charge in [0, 0.05) is 18.3 Å². The molecule has 4 nitrogen and oxygen atoms in total. The first-order valence-corrected chi connectivity index (χ1v) is 5.07. The van der Waals surface area contributed by atoms with E-state index in [1.165, 1.54) is 0 Å². The zero-order chi connectivity index (χ0) is 11.5. The van der Waals surface area contributed by atoms with Crippen LogP contribution in [0.2, 0.25) is 0 Å². The standard InChI is InChI=1S/C12H12N4/c1-2-16-8-11(7-15-16)9-3-4-10(6-13)12(14)5-9/h3-5,7-8H,2,14H2,1H3. The van der Waals surface area contributed by atoms with E-state index in [4.69, 9.17) is 11.0 Å². The number of benzene rings is 1. The molecule has 0 radical (unpaired) electrons. The molecule has 2 aromatic rings. The van der Waals surface area contributed by atoms with E-state index >= 15 is 0 Å². The molecule has 1 heterocycles. The molecular formula is C12H12N4. The number of nitrogens with zero attached hydrogens (tertiary/aromatic N) is 3. The Hall–Kier alpha value is -2.28. The monoisotopic (exact) mass is 212 g/mol. The summed E-state index contributed by atoms with van der Waals surface area (Å²) in [5.41, 5.74) is 8.76. The number of hydrogen-bond acceptors (Lipinski definition) is 3. The topological polar surface area (TPSA) is 67.6 Å². The fourth-order valence-corrected chi connectivity index (χ4v) is 1.53. The minimum Gasteiger partial charge on any atom is -0.398 e. The van der Waals surface area contributed by atoms with Gasteiger partial charge in [0.1, 0.15) is 6.07 Å². The molecule has 0 saturated heterocycles. The summed E-state index contributed by atoms with van der Waals surface area (Å²) in [6, 6.07) is 7.46.